The molecule has 0 amide bonds. The van der Waals surface area contributed by atoms with Gasteiger partial charge < -0.3 is 20.9 Å². The highest BCUT2D eigenvalue weighted by Crippen LogP contribution is 2.43. The maximum Gasteiger partial charge on any atom is 0.239 e. The third-order valence-corrected chi connectivity index (χ3v) is 7.87. The summed E-state index contributed by atoms with van der Waals surface area (Å²) in [7, 11) is -4.17. The van der Waals surface area contributed by atoms with Crippen molar-refractivity contribution in [3.05, 3.63) is 109 Å². The molecule has 4 rings (SSSR count). The number of benzene rings is 2. The largest absolute Gasteiger partial charge is 0.467 e. The van der Waals surface area contributed by atoms with Crippen molar-refractivity contribution in [2.24, 2.45) is 11.5 Å². The standard InChI is InChI=1S/C24H24N2O4S/c25-19-11-15-23(16-12-19,29-21-7-3-1-4-8-21)31(27,28)24(17-13-20(26)14-18-24)30-22-9-5-2-6-10-22/h1-15,17H,16,18,25-26H2. The van der Waals surface area contributed by atoms with E-state index < -0.39 is 19.7 Å². The molecule has 0 heterocycles. The Morgan fingerprint density at radius 1 is 0.677 bits per heavy atom. The minimum atomic E-state index is -4.17. The maximum absolute atomic E-state index is 14.3. The van der Waals surface area contributed by atoms with Crippen LogP contribution >= 0.6 is 0 Å². The van der Waals surface area contributed by atoms with E-state index in [-0.39, 0.29) is 12.8 Å². The molecule has 2 atom stereocenters. The van der Waals surface area contributed by atoms with Crippen molar-refractivity contribution in [1.29, 1.82) is 0 Å². The van der Waals surface area contributed by atoms with Gasteiger partial charge in [-0.3, -0.25) is 0 Å². The Kier molecular flexibility index (Phi) is 5.37. The number of sulfone groups is 1. The molecular weight excluding hydrogens is 412 g/mol. The molecule has 2 aromatic rings. The van der Waals surface area contributed by atoms with Gasteiger partial charge in [0.05, 0.1) is 0 Å². The Morgan fingerprint density at radius 2 is 1.06 bits per heavy atom. The minimum absolute atomic E-state index is 0.0412. The smallest absolute Gasteiger partial charge is 0.239 e. The van der Waals surface area contributed by atoms with Crippen LogP contribution in [0.3, 0.4) is 0 Å². The van der Waals surface area contributed by atoms with Crippen molar-refractivity contribution in [2.45, 2.75) is 22.7 Å². The van der Waals surface area contributed by atoms with Crippen LogP contribution in [-0.2, 0) is 9.84 Å². The average Bonchev–Trinajstić information content (AvgIpc) is 2.78. The van der Waals surface area contributed by atoms with Crippen molar-refractivity contribution in [3.63, 3.8) is 0 Å². The molecule has 2 unspecified atom stereocenters. The van der Waals surface area contributed by atoms with Gasteiger partial charge in [-0.15, -0.1) is 0 Å². The zero-order chi connectivity index (χ0) is 22.0. The molecule has 4 N–H and O–H groups in total. The van der Waals surface area contributed by atoms with Gasteiger partial charge in [-0.1, -0.05) is 48.6 Å². The molecule has 0 aliphatic heterocycles. The summed E-state index contributed by atoms with van der Waals surface area (Å²) in [5.74, 6) is 0.851. The molecule has 0 aromatic heterocycles. The molecule has 2 aliphatic rings. The lowest BCUT2D eigenvalue weighted by atomic mass is 10.1. The molecule has 6 nitrogen and oxygen atoms in total. The van der Waals surface area contributed by atoms with Crippen LogP contribution < -0.4 is 20.9 Å². The number of allylic oxidation sites excluding steroid dienone is 2. The molecule has 0 fully saturated rings. The first-order chi connectivity index (χ1) is 14.9. The monoisotopic (exact) mass is 436 g/mol. The molecule has 2 aromatic carbocycles. The van der Waals surface area contributed by atoms with Crippen LogP contribution in [0.4, 0.5) is 0 Å². The number of hydrogen-bond acceptors (Lipinski definition) is 6. The third kappa shape index (κ3) is 3.84. The summed E-state index contributed by atoms with van der Waals surface area (Å²) in [4.78, 5) is -3.42. The molecule has 7 heteroatoms. The highest BCUT2D eigenvalue weighted by Gasteiger charge is 2.58. The van der Waals surface area contributed by atoms with Crippen molar-refractivity contribution < 1.29 is 17.9 Å². The summed E-state index contributed by atoms with van der Waals surface area (Å²) < 4.78 is 40.9. The summed E-state index contributed by atoms with van der Waals surface area (Å²) in [6, 6.07) is 17.7. The first-order valence-corrected chi connectivity index (χ1v) is 11.4. The number of hydrogen-bond donors (Lipinski definition) is 2. The fraction of sp³-hybridized carbons (Fsp3) is 0.167. The van der Waals surface area contributed by atoms with Crippen LogP contribution in [0.1, 0.15) is 12.8 Å². The Balaban J connectivity index is 1.83. The van der Waals surface area contributed by atoms with E-state index >= 15 is 0 Å². The summed E-state index contributed by atoms with van der Waals surface area (Å²) in [6.07, 6.45) is 9.47. The van der Waals surface area contributed by atoms with E-state index in [2.05, 4.69) is 0 Å². The summed E-state index contributed by atoms with van der Waals surface area (Å²) in [5.41, 5.74) is 12.7. The second-order valence-corrected chi connectivity index (χ2v) is 9.83. The highest BCUT2D eigenvalue weighted by molar-refractivity contribution is 7.94. The second-order valence-electron chi connectivity index (χ2n) is 7.44. The summed E-state index contributed by atoms with van der Waals surface area (Å²) >= 11 is 0. The third-order valence-electron chi connectivity index (χ3n) is 5.28. The van der Waals surface area contributed by atoms with Crippen molar-refractivity contribution in [2.75, 3.05) is 0 Å². The van der Waals surface area contributed by atoms with E-state index in [4.69, 9.17) is 20.9 Å². The molecule has 0 saturated heterocycles. The average molecular weight is 437 g/mol. The topological polar surface area (TPSA) is 105 Å². The Bertz CT molecular complexity index is 1080. The zero-order valence-electron chi connectivity index (χ0n) is 16.8. The van der Waals surface area contributed by atoms with Gasteiger partial charge in [0.2, 0.25) is 19.7 Å². The molecule has 0 spiro atoms. The van der Waals surface area contributed by atoms with E-state index in [1.807, 2.05) is 12.1 Å². The molecule has 160 valence electrons. The zero-order valence-corrected chi connectivity index (χ0v) is 17.7. The predicted molar refractivity (Wildman–Crippen MR) is 121 cm³/mol. The van der Waals surface area contributed by atoms with E-state index in [9.17, 15) is 8.42 Å². The van der Waals surface area contributed by atoms with E-state index in [1.165, 1.54) is 12.2 Å². The Morgan fingerprint density at radius 3 is 1.39 bits per heavy atom. The predicted octanol–water partition coefficient (Wildman–Crippen LogP) is 3.56. The first kappa shape index (κ1) is 20.8. The van der Waals surface area contributed by atoms with Crippen LogP contribution in [0.5, 0.6) is 11.5 Å². The van der Waals surface area contributed by atoms with Gasteiger partial charge in [0, 0.05) is 24.2 Å². The van der Waals surface area contributed by atoms with Gasteiger partial charge in [-0.2, -0.15) is 0 Å². The molecule has 0 saturated carbocycles. The Hall–Kier alpha value is -3.45. The summed E-state index contributed by atoms with van der Waals surface area (Å²) in [5, 5.41) is 0. The number of nitrogens with two attached hydrogens (primary N) is 2. The lowest BCUT2D eigenvalue weighted by Crippen LogP contribution is -2.57. The van der Waals surface area contributed by atoms with Crippen LogP contribution in [0.25, 0.3) is 0 Å². The lowest BCUT2D eigenvalue weighted by Gasteiger charge is -2.41. The van der Waals surface area contributed by atoms with Crippen molar-refractivity contribution in [3.8, 4) is 11.5 Å². The van der Waals surface area contributed by atoms with Crippen molar-refractivity contribution in [1.82, 2.24) is 0 Å². The molecule has 0 radical (unpaired) electrons. The van der Waals surface area contributed by atoms with Crippen LogP contribution in [0.2, 0.25) is 0 Å². The van der Waals surface area contributed by atoms with Gasteiger partial charge in [0.15, 0.2) is 0 Å². The molecule has 0 bridgehead atoms. The maximum atomic E-state index is 14.3. The van der Waals surface area contributed by atoms with Gasteiger partial charge in [0.1, 0.15) is 11.5 Å². The fourth-order valence-electron chi connectivity index (χ4n) is 3.57. The van der Waals surface area contributed by atoms with Gasteiger partial charge >= 0.3 is 0 Å². The number of ether oxygens (including phenoxy) is 2. The van der Waals surface area contributed by atoms with Gasteiger partial charge in [-0.05, 0) is 48.6 Å². The minimum Gasteiger partial charge on any atom is -0.467 e. The van der Waals surface area contributed by atoms with Crippen LogP contribution in [0.15, 0.2) is 109 Å². The SMILES string of the molecule is NC1=CCC(Oc2ccccc2)(S(=O)(=O)C2(Oc3ccccc3)C=CC(N)=CC2)C=C1. The van der Waals surface area contributed by atoms with Crippen molar-refractivity contribution >= 4 is 9.84 Å². The van der Waals surface area contributed by atoms with Gasteiger partial charge in [0.25, 0.3) is 0 Å². The molecular formula is C24H24N2O4S. The normalized spacial score (nSPS) is 25.4. The Labute approximate surface area is 182 Å². The van der Waals surface area contributed by atoms with Gasteiger partial charge in [-0.25, -0.2) is 8.42 Å². The van der Waals surface area contributed by atoms with E-state index in [0.717, 1.165) is 0 Å². The van der Waals surface area contributed by atoms with Crippen LogP contribution in [0, 0.1) is 0 Å². The summed E-state index contributed by atoms with van der Waals surface area (Å²) in [6.45, 7) is 0. The number of rotatable bonds is 6. The van der Waals surface area contributed by atoms with E-state index in [0.29, 0.717) is 22.9 Å². The first-order valence-electron chi connectivity index (χ1n) is 9.88. The number of para-hydroxylation sites is 2. The molecule has 31 heavy (non-hydrogen) atoms. The van der Waals surface area contributed by atoms with E-state index in [1.54, 1.807) is 72.8 Å². The molecule has 2 aliphatic carbocycles. The quantitative estimate of drug-likeness (QED) is 0.717. The fourth-order valence-corrected chi connectivity index (χ4v) is 5.66. The van der Waals surface area contributed by atoms with Crippen LogP contribution in [-0.4, -0.2) is 18.3 Å². The second kappa shape index (κ2) is 8.00. The lowest BCUT2D eigenvalue weighted by molar-refractivity contribution is 0.161. The highest BCUT2D eigenvalue weighted by atomic mass is 32.2.